The van der Waals surface area contributed by atoms with Gasteiger partial charge in [-0.25, -0.2) is 4.90 Å². The topological polar surface area (TPSA) is 46.6 Å². The van der Waals surface area contributed by atoms with Gasteiger partial charge < -0.3 is 4.74 Å². The van der Waals surface area contributed by atoms with Crippen LogP contribution in [0.5, 0.6) is 11.5 Å². The van der Waals surface area contributed by atoms with E-state index in [1.807, 2.05) is 38.1 Å². The van der Waals surface area contributed by atoms with Gasteiger partial charge in [-0.2, -0.15) is 0 Å². The summed E-state index contributed by atoms with van der Waals surface area (Å²) in [5.74, 6) is 1.46. The first-order chi connectivity index (χ1) is 13.0. The Balaban J connectivity index is 1.40. The van der Waals surface area contributed by atoms with Gasteiger partial charge in [-0.1, -0.05) is 29.8 Å². The predicted molar refractivity (Wildman–Crippen MR) is 103 cm³/mol. The van der Waals surface area contributed by atoms with Crippen LogP contribution in [0.2, 0.25) is 0 Å². The third-order valence-electron chi connectivity index (χ3n) is 6.46. The van der Waals surface area contributed by atoms with Crippen molar-refractivity contribution in [2.24, 2.45) is 23.2 Å². The molecule has 1 aliphatic heterocycles. The summed E-state index contributed by atoms with van der Waals surface area (Å²) in [5, 5.41) is 0. The van der Waals surface area contributed by atoms with Crippen molar-refractivity contribution in [2.45, 2.75) is 20.3 Å². The molecule has 136 valence electrons. The molecule has 2 amide bonds. The average molecular weight is 359 g/mol. The zero-order valence-electron chi connectivity index (χ0n) is 15.4. The Kier molecular flexibility index (Phi) is 3.36. The molecule has 3 aliphatic rings. The molecule has 0 spiro atoms. The molecule has 4 heteroatoms. The molecule has 2 aromatic rings. The number of rotatable bonds is 3. The van der Waals surface area contributed by atoms with E-state index in [2.05, 4.69) is 12.2 Å². The van der Waals surface area contributed by atoms with Crippen LogP contribution < -0.4 is 9.64 Å². The van der Waals surface area contributed by atoms with Crippen molar-refractivity contribution in [3.8, 4) is 11.5 Å². The highest BCUT2D eigenvalue weighted by Gasteiger charge is 2.67. The fourth-order valence-corrected chi connectivity index (χ4v) is 4.96. The van der Waals surface area contributed by atoms with E-state index in [1.165, 1.54) is 10.5 Å². The third kappa shape index (κ3) is 2.22. The lowest BCUT2D eigenvalue weighted by Crippen LogP contribution is -2.37. The Morgan fingerprint density at radius 2 is 1.59 bits per heavy atom. The zero-order chi connectivity index (χ0) is 18.8. The number of hydrogen-bond donors (Lipinski definition) is 0. The summed E-state index contributed by atoms with van der Waals surface area (Å²) in [7, 11) is 0. The maximum atomic E-state index is 13.2. The van der Waals surface area contributed by atoms with Gasteiger partial charge in [0.25, 0.3) is 0 Å². The molecular weight excluding hydrogens is 338 g/mol. The number of anilines is 1. The summed E-state index contributed by atoms with van der Waals surface area (Å²) >= 11 is 0. The molecule has 1 saturated carbocycles. The summed E-state index contributed by atoms with van der Waals surface area (Å²) in [4.78, 5) is 27.6. The predicted octanol–water partition coefficient (Wildman–Crippen LogP) is 4.49. The molecule has 2 aromatic carbocycles. The minimum absolute atomic E-state index is 0.0634. The number of benzene rings is 2. The zero-order valence-corrected chi connectivity index (χ0v) is 15.4. The Morgan fingerprint density at radius 3 is 2.22 bits per heavy atom. The Hall–Kier alpha value is -2.88. The van der Waals surface area contributed by atoms with Crippen molar-refractivity contribution < 1.29 is 14.3 Å². The fraction of sp³-hybridized carbons (Fsp3) is 0.304. The molecule has 5 rings (SSSR count). The molecule has 4 atom stereocenters. The number of hydrogen-bond acceptors (Lipinski definition) is 3. The highest BCUT2D eigenvalue weighted by Crippen LogP contribution is 2.60. The second-order valence-electron chi connectivity index (χ2n) is 8.04. The molecular formula is C23H21NO3. The van der Waals surface area contributed by atoms with E-state index in [1.54, 1.807) is 24.3 Å². The van der Waals surface area contributed by atoms with E-state index < -0.39 is 5.41 Å². The number of carbonyl (C=O) groups is 2. The highest BCUT2D eigenvalue weighted by atomic mass is 16.5. The number of allylic oxidation sites excluding steroid dienone is 2. The molecule has 2 aliphatic carbocycles. The van der Waals surface area contributed by atoms with Gasteiger partial charge in [-0.05, 0) is 68.5 Å². The summed E-state index contributed by atoms with van der Waals surface area (Å²) in [6.07, 6.45) is 5.16. The summed E-state index contributed by atoms with van der Waals surface area (Å²) < 4.78 is 5.84. The van der Waals surface area contributed by atoms with Crippen molar-refractivity contribution in [3.63, 3.8) is 0 Å². The van der Waals surface area contributed by atoms with Crippen LogP contribution in [0.3, 0.4) is 0 Å². The molecule has 0 unspecified atom stereocenters. The molecule has 4 nitrogen and oxygen atoms in total. The lowest BCUT2D eigenvalue weighted by Gasteiger charge is -2.28. The Morgan fingerprint density at radius 1 is 0.963 bits per heavy atom. The van der Waals surface area contributed by atoms with Crippen molar-refractivity contribution in [1.29, 1.82) is 0 Å². The van der Waals surface area contributed by atoms with Gasteiger partial charge in [0.2, 0.25) is 11.8 Å². The van der Waals surface area contributed by atoms with Crippen LogP contribution in [-0.2, 0) is 9.59 Å². The standard InChI is InChI=1S/C23H21NO3/c1-14-3-9-18(10-4-14)27-19-11-7-17(8-12-19)24-21(25)20-15-5-6-16(13-15)23(20,2)22(24)26/h3-12,15-16,20H,13H2,1-2H3/t15-,16-,20-,23-/m1/s1. The normalized spacial score (nSPS) is 30.9. The molecule has 0 N–H and O–H groups in total. The SMILES string of the molecule is Cc1ccc(Oc2ccc(N3C(=O)[C@H]4[C@@H]5C=C[C@H](C5)[C@@]4(C)C3=O)cc2)cc1. The number of amides is 2. The molecule has 1 saturated heterocycles. The third-order valence-corrected chi connectivity index (χ3v) is 6.46. The molecule has 1 heterocycles. The molecule has 2 bridgehead atoms. The largest absolute Gasteiger partial charge is 0.457 e. The first-order valence-corrected chi connectivity index (χ1v) is 9.40. The van der Waals surface area contributed by atoms with E-state index in [0.717, 1.165) is 12.2 Å². The van der Waals surface area contributed by atoms with Crippen LogP contribution in [0.25, 0.3) is 0 Å². The number of aryl methyl sites for hydroxylation is 1. The second-order valence-corrected chi connectivity index (χ2v) is 8.04. The fourth-order valence-electron chi connectivity index (χ4n) is 4.96. The van der Waals surface area contributed by atoms with Crippen LogP contribution in [-0.4, -0.2) is 11.8 Å². The lowest BCUT2D eigenvalue weighted by molar-refractivity contribution is -0.127. The number of imide groups is 1. The van der Waals surface area contributed by atoms with E-state index in [4.69, 9.17) is 4.74 Å². The van der Waals surface area contributed by atoms with Crippen molar-refractivity contribution in [1.82, 2.24) is 0 Å². The molecule has 2 fully saturated rings. The van der Waals surface area contributed by atoms with E-state index in [-0.39, 0.29) is 29.6 Å². The monoisotopic (exact) mass is 359 g/mol. The quantitative estimate of drug-likeness (QED) is 0.599. The lowest BCUT2D eigenvalue weighted by atomic mass is 9.71. The summed E-state index contributed by atoms with van der Waals surface area (Å²) in [6, 6.07) is 15.0. The van der Waals surface area contributed by atoms with Gasteiger partial charge in [0.05, 0.1) is 17.0 Å². The average Bonchev–Trinajstić information content (AvgIpc) is 3.30. The van der Waals surface area contributed by atoms with Crippen LogP contribution in [0.4, 0.5) is 5.69 Å². The summed E-state index contributed by atoms with van der Waals surface area (Å²) in [6.45, 7) is 3.99. The van der Waals surface area contributed by atoms with Gasteiger partial charge in [-0.15, -0.1) is 0 Å². The Bertz CT molecular complexity index is 960. The van der Waals surface area contributed by atoms with Crippen molar-refractivity contribution >= 4 is 17.5 Å². The van der Waals surface area contributed by atoms with E-state index in [0.29, 0.717) is 11.4 Å². The maximum absolute atomic E-state index is 13.2. The summed E-state index contributed by atoms with van der Waals surface area (Å²) in [5.41, 5.74) is 1.20. The van der Waals surface area contributed by atoms with Crippen molar-refractivity contribution in [3.05, 3.63) is 66.2 Å². The van der Waals surface area contributed by atoms with Crippen LogP contribution in [0.15, 0.2) is 60.7 Å². The Labute approximate surface area is 158 Å². The van der Waals surface area contributed by atoms with Gasteiger partial charge in [-0.3, -0.25) is 9.59 Å². The van der Waals surface area contributed by atoms with Gasteiger partial charge in [0, 0.05) is 0 Å². The van der Waals surface area contributed by atoms with E-state index in [9.17, 15) is 9.59 Å². The number of nitrogens with zero attached hydrogens (tertiary/aromatic N) is 1. The highest BCUT2D eigenvalue weighted by molar-refractivity contribution is 6.24. The first kappa shape index (κ1) is 16.3. The number of carbonyl (C=O) groups excluding carboxylic acids is 2. The first-order valence-electron chi connectivity index (χ1n) is 9.40. The number of ether oxygens (including phenoxy) is 1. The van der Waals surface area contributed by atoms with E-state index >= 15 is 0 Å². The van der Waals surface area contributed by atoms with Gasteiger partial charge in [0.15, 0.2) is 0 Å². The van der Waals surface area contributed by atoms with Gasteiger partial charge >= 0.3 is 0 Å². The van der Waals surface area contributed by atoms with Crippen molar-refractivity contribution in [2.75, 3.05) is 4.90 Å². The minimum atomic E-state index is -0.590. The van der Waals surface area contributed by atoms with Gasteiger partial charge in [0.1, 0.15) is 11.5 Å². The minimum Gasteiger partial charge on any atom is -0.457 e. The van der Waals surface area contributed by atoms with Crippen LogP contribution in [0, 0.1) is 30.1 Å². The molecule has 0 aromatic heterocycles. The molecule has 27 heavy (non-hydrogen) atoms. The smallest absolute Gasteiger partial charge is 0.241 e. The maximum Gasteiger partial charge on any atom is 0.241 e. The van der Waals surface area contributed by atoms with Crippen LogP contribution >= 0.6 is 0 Å². The van der Waals surface area contributed by atoms with Crippen LogP contribution in [0.1, 0.15) is 18.9 Å². The number of fused-ring (bicyclic) bond motifs is 5. The molecule has 0 radical (unpaired) electrons. The second kappa shape index (κ2) is 5.56.